The molecule has 31 heavy (non-hydrogen) atoms. The van der Waals surface area contributed by atoms with E-state index in [4.69, 9.17) is 0 Å². The first-order valence-corrected chi connectivity index (χ1v) is 10.7. The SMILES string of the molecule is CN1CCN(c2ccc(NC(=O)c3csc(-c4ccccc4)n3)c(C(F)(F)F)c2)CC1. The van der Waals surface area contributed by atoms with E-state index in [-0.39, 0.29) is 11.4 Å². The third-order valence-corrected chi connectivity index (χ3v) is 6.07. The fourth-order valence-corrected chi connectivity index (χ4v) is 4.22. The second-order valence-corrected chi connectivity index (χ2v) is 8.23. The Balaban J connectivity index is 1.56. The number of piperazine rings is 1. The minimum Gasteiger partial charge on any atom is -0.369 e. The van der Waals surface area contributed by atoms with Gasteiger partial charge in [0.25, 0.3) is 5.91 Å². The van der Waals surface area contributed by atoms with Crippen molar-refractivity contribution >= 4 is 28.6 Å². The summed E-state index contributed by atoms with van der Waals surface area (Å²) in [6, 6.07) is 13.3. The van der Waals surface area contributed by atoms with Crippen molar-refractivity contribution in [3.8, 4) is 10.6 Å². The number of benzene rings is 2. The summed E-state index contributed by atoms with van der Waals surface area (Å²) in [5.74, 6) is -0.670. The van der Waals surface area contributed by atoms with Crippen molar-refractivity contribution < 1.29 is 18.0 Å². The van der Waals surface area contributed by atoms with Gasteiger partial charge in [-0.15, -0.1) is 11.3 Å². The van der Waals surface area contributed by atoms with Crippen molar-refractivity contribution in [1.82, 2.24) is 9.88 Å². The molecule has 2 heterocycles. The first kappa shape index (κ1) is 21.3. The van der Waals surface area contributed by atoms with Crippen LogP contribution in [-0.2, 0) is 6.18 Å². The van der Waals surface area contributed by atoms with E-state index in [1.807, 2.05) is 42.3 Å². The van der Waals surface area contributed by atoms with Crippen LogP contribution in [0.5, 0.6) is 0 Å². The van der Waals surface area contributed by atoms with Gasteiger partial charge in [-0.05, 0) is 25.2 Å². The predicted molar refractivity (Wildman–Crippen MR) is 117 cm³/mol. The lowest BCUT2D eigenvalue weighted by molar-refractivity contribution is -0.136. The summed E-state index contributed by atoms with van der Waals surface area (Å²) in [5.41, 5.74) is 0.290. The number of halogens is 3. The molecule has 2 aromatic carbocycles. The number of carbonyl (C=O) groups is 1. The fraction of sp³-hybridized carbons (Fsp3) is 0.273. The van der Waals surface area contributed by atoms with Gasteiger partial charge in [-0.2, -0.15) is 13.2 Å². The highest BCUT2D eigenvalue weighted by molar-refractivity contribution is 7.13. The number of nitrogens with one attached hydrogen (secondary N) is 1. The lowest BCUT2D eigenvalue weighted by Gasteiger charge is -2.34. The van der Waals surface area contributed by atoms with E-state index in [2.05, 4.69) is 15.2 Å². The highest BCUT2D eigenvalue weighted by Crippen LogP contribution is 2.38. The summed E-state index contributed by atoms with van der Waals surface area (Å²) < 4.78 is 41.2. The summed E-state index contributed by atoms with van der Waals surface area (Å²) >= 11 is 1.27. The molecular weight excluding hydrogens is 425 g/mol. The first-order chi connectivity index (χ1) is 14.8. The molecule has 162 valence electrons. The molecule has 0 unspecified atom stereocenters. The number of hydrogen-bond acceptors (Lipinski definition) is 5. The van der Waals surface area contributed by atoms with Crippen LogP contribution in [0.15, 0.2) is 53.9 Å². The van der Waals surface area contributed by atoms with Crippen molar-refractivity contribution in [2.75, 3.05) is 43.4 Å². The normalized spacial score (nSPS) is 15.2. The van der Waals surface area contributed by atoms with Crippen LogP contribution in [0, 0.1) is 0 Å². The Hall–Kier alpha value is -2.91. The average molecular weight is 446 g/mol. The van der Waals surface area contributed by atoms with Gasteiger partial charge in [-0.25, -0.2) is 4.98 Å². The summed E-state index contributed by atoms with van der Waals surface area (Å²) in [6.07, 6.45) is -4.59. The molecule has 0 atom stereocenters. The van der Waals surface area contributed by atoms with Crippen molar-refractivity contribution in [3.63, 3.8) is 0 Å². The third-order valence-electron chi connectivity index (χ3n) is 5.18. The fourth-order valence-electron chi connectivity index (χ4n) is 3.41. The van der Waals surface area contributed by atoms with Gasteiger partial charge < -0.3 is 15.1 Å². The van der Waals surface area contributed by atoms with Crippen LogP contribution in [-0.4, -0.2) is 49.0 Å². The molecule has 1 saturated heterocycles. The molecular formula is C22H21F3N4OS. The second-order valence-electron chi connectivity index (χ2n) is 7.38. The maximum absolute atomic E-state index is 13.7. The molecule has 1 aromatic heterocycles. The van der Waals surface area contributed by atoms with Gasteiger partial charge in [0, 0.05) is 42.8 Å². The van der Waals surface area contributed by atoms with E-state index in [1.165, 1.54) is 17.4 Å². The van der Waals surface area contributed by atoms with Crippen LogP contribution >= 0.6 is 11.3 Å². The second kappa shape index (κ2) is 8.68. The molecule has 9 heteroatoms. The number of rotatable bonds is 4. The number of anilines is 2. The highest BCUT2D eigenvalue weighted by Gasteiger charge is 2.35. The van der Waals surface area contributed by atoms with Gasteiger partial charge in [0.15, 0.2) is 0 Å². The Labute approximate surface area is 182 Å². The third kappa shape index (κ3) is 4.88. The van der Waals surface area contributed by atoms with Gasteiger partial charge in [-0.3, -0.25) is 4.79 Å². The molecule has 1 aliphatic heterocycles. The van der Waals surface area contributed by atoms with E-state index >= 15 is 0 Å². The van der Waals surface area contributed by atoms with E-state index < -0.39 is 17.6 Å². The first-order valence-electron chi connectivity index (χ1n) is 9.78. The number of carbonyl (C=O) groups excluding carboxylic acids is 1. The van der Waals surface area contributed by atoms with Crippen LogP contribution in [0.25, 0.3) is 10.6 Å². The van der Waals surface area contributed by atoms with E-state index in [0.717, 1.165) is 24.7 Å². The van der Waals surface area contributed by atoms with Crippen LogP contribution in [0.1, 0.15) is 16.1 Å². The maximum Gasteiger partial charge on any atom is 0.418 e. The number of hydrogen-bond donors (Lipinski definition) is 1. The van der Waals surface area contributed by atoms with Crippen LogP contribution in [0.3, 0.4) is 0 Å². The molecule has 3 aromatic rings. The Morgan fingerprint density at radius 3 is 2.45 bits per heavy atom. The molecule has 4 rings (SSSR count). The van der Waals surface area contributed by atoms with E-state index in [9.17, 15) is 18.0 Å². The number of likely N-dealkylation sites (N-methyl/N-ethyl adjacent to an activating group) is 1. The molecule has 1 fully saturated rings. The minimum absolute atomic E-state index is 0.0834. The van der Waals surface area contributed by atoms with Crippen molar-refractivity contribution in [2.45, 2.75) is 6.18 Å². The molecule has 1 N–H and O–H groups in total. The molecule has 1 amide bonds. The number of nitrogens with zero attached hydrogens (tertiary/aromatic N) is 3. The van der Waals surface area contributed by atoms with Crippen LogP contribution < -0.4 is 10.2 Å². The van der Waals surface area contributed by atoms with Crippen molar-refractivity contribution in [1.29, 1.82) is 0 Å². The molecule has 5 nitrogen and oxygen atoms in total. The Kier molecular flexibility index (Phi) is 5.97. The molecule has 0 radical (unpaired) electrons. The predicted octanol–water partition coefficient (Wildman–Crippen LogP) is 4.83. The monoisotopic (exact) mass is 446 g/mol. The summed E-state index contributed by atoms with van der Waals surface area (Å²) in [4.78, 5) is 20.9. The molecule has 1 aliphatic rings. The Morgan fingerprint density at radius 2 is 1.77 bits per heavy atom. The number of alkyl halides is 3. The average Bonchev–Trinajstić information content (AvgIpc) is 3.25. The molecule has 0 bridgehead atoms. The zero-order valence-corrected chi connectivity index (χ0v) is 17.6. The van der Waals surface area contributed by atoms with E-state index in [0.29, 0.717) is 23.8 Å². The molecule has 0 spiro atoms. The van der Waals surface area contributed by atoms with E-state index in [1.54, 1.807) is 11.4 Å². The van der Waals surface area contributed by atoms with Gasteiger partial charge in [0.1, 0.15) is 10.7 Å². The quantitative estimate of drug-likeness (QED) is 0.624. The van der Waals surface area contributed by atoms with Gasteiger partial charge in [0.05, 0.1) is 11.3 Å². The number of amides is 1. The lowest BCUT2D eigenvalue weighted by atomic mass is 10.1. The maximum atomic E-state index is 13.7. The van der Waals surface area contributed by atoms with Crippen LogP contribution in [0.2, 0.25) is 0 Å². The largest absolute Gasteiger partial charge is 0.418 e. The smallest absolute Gasteiger partial charge is 0.369 e. The van der Waals surface area contributed by atoms with Gasteiger partial charge in [-0.1, -0.05) is 30.3 Å². The lowest BCUT2D eigenvalue weighted by Crippen LogP contribution is -2.44. The van der Waals surface area contributed by atoms with Crippen molar-refractivity contribution in [2.24, 2.45) is 0 Å². The summed E-state index contributed by atoms with van der Waals surface area (Å²) in [5, 5.41) is 4.57. The number of aromatic nitrogens is 1. The highest BCUT2D eigenvalue weighted by atomic mass is 32.1. The zero-order chi connectivity index (χ0) is 22.0. The Bertz CT molecular complexity index is 1060. The standard InChI is InChI=1S/C22H21F3N4OS/c1-28-9-11-29(12-10-28)16-7-8-18(17(13-16)22(23,24)25)26-20(30)19-14-31-21(27-19)15-5-3-2-4-6-15/h2-8,13-14H,9-12H2,1H3,(H,26,30). The topological polar surface area (TPSA) is 48.5 Å². The number of thiazole rings is 1. The summed E-state index contributed by atoms with van der Waals surface area (Å²) in [7, 11) is 1.98. The Morgan fingerprint density at radius 1 is 1.06 bits per heavy atom. The molecule has 0 saturated carbocycles. The summed E-state index contributed by atoms with van der Waals surface area (Å²) in [6.45, 7) is 2.88. The molecule has 0 aliphatic carbocycles. The van der Waals surface area contributed by atoms with Crippen LogP contribution in [0.4, 0.5) is 24.5 Å². The van der Waals surface area contributed by atoms with Gasteiger partial charge >= 0.3 is 6.18 Å². The zero-order valence-electron chi connectivity index (χ0n) is 16.8. The van der Waals surface area contributed by atoms with Crippen molar-refractivity contribution in [3.05, 3.63) is 65.2 Å². The minimum atomic E-state index is -4.59. The van der Waals surface area contributed by atoms with Gasteiger partial charge in [0.2, 0.25) is 0 Å².